The van der Waals surface area contributed by atoms with Crippen LogP contribution in [0.2, 0.25) is 0 Å². The molecular formula is C17H18O2. The zero-order valence-electron chi connectivity index (χ0n) is 11.8. The number of hydrogen-bond acceptors (Lipinski definition) is 2. The number of benzene rings is 2. The molecule has 2 aromatic carbocycles. The maximum absolute atomic E-state index is 12.6. The summed E-state index contributed by atoms with van der Waals surface area (Å²) in [5, 5.41) is 0. The van der Waals surface area contributed by atoms with E-state index in [2.05, 4.69) is 0 Å². The first-order chi connectivity index (χ1) is 9.04. The lowest BCUT2D eigenvalue weighted by Crippen LogP contribution is -2.06. The fourth-order valence-electron chi connectivity index (χ4n) is 2.16. The monoisotopic (exact) mass is 254 g/mol. The van der Waals surface area contributed by atoms with Gasteiger partial charge in [-0.3, -0.25) is 4.79 Å². The van der Waals surface area contributed by atoms with Crippen molar-refractivity contribution in [2.75, 3.05) is 7.11 Å². The van der Waals surface area contributed by atoms with Crippen molar-refractivity contribution in [1.82, 2.24) is 0 Å². The molecule has 0 aromatic heterocycles. The Morgan fingerprint density at radius 1 is 0.947 bits per heavy atom. The molecule has 0 amide bonds. The molecule has 0 spiro atoms. The normalized spacial score (nSPS) is 10.3. The van der Waals surface area contributed by atoms with Crippen molar-refractivity contribution in [3.63, 3.8) is 0 Å². The van der Waals surface area contributed by atoms with Gasteiger partial charge in [-0.2, -0.15) is 0 Å². The van der Waals surface area contributed by atoms with E-state index in [0.29, 0.717) is 0 Å². The molecule has 2 rings (SSSR count). The van der Waals surface area contributed by atoms with Gasteiger partial charge in [0.1, 0.15) is 5.75 Å². The Balaban J connectivity index is 2.47. The first-order valence-electron chi connectivity index (χ1n) is 6.30. The summed E-state index contributed by atoms with van der Waals surface area (Å²) >= 11 is 0. The van der Waals surface area contributed by atoms with Gasteiger partial charge in [-0.05, 0) is 55.7 Å². The smallest absolute Gasteiger partial charge is 0.193 e. The average molecular weight is 254 g/mol. The van der Waals surface area contributed by atoms with E-state index in [1.165, 1.54) is 0 Å². The minimum absolute atomic E-state index is 0.0707. The first kappa shape index (κ1) is 13.3. The molecule has 0 fully saturated rings. The molecule has 0 atom stereocenters. The molecule has 0 aliphatic carbocycles. The van der Waals surface area contributed by atoms with Crippen LogP contribution in [0.25, 0.3) is 0 Å². The Labute approximate surface area is 114 Å². The van der Waals surface area contributed by atoms with Crippen LogP contribution < -0.4 is 4.74 Å². The van der Waals surface area contributed by atoms with E-state index in [1.807, 2.05) is 57.2 Å². The molecule has 0 heterocycles. The Morgan fingerprint density at radius 2 is 1.68 bits per heavy atom. The van der Waals surface area contributed by atoms with Crippen molar-refractivity contribution in [3.8, 4) is 5.75 Å². The maximum atomic E-state index is 12.6. The molecule has 0 aliphatic rings. The van der Waals surface area contributed by atoms with Crippen molar-refractivity contribution < 1.29 is 9.53 Å². The van der Waals surface area contributed by atoms with E-state index in [-0.39, 0.29) is 5.78 Å². The zero-order valence-corrected chi connectivity index (χ0v) is 11.8. The number of carbonyl (C=O) groups excluding carboxylic acids is 1. The van der Waals surface area contributed by atoms with Gasteiger partial charge in [0.05, 0.1) is 7.11 Å². The quantitative estimate of drug-likeness (QED) is 0.778. The van der Waals surface area contributed by atoms with Crippen molar-refractivity contribution in [3.05, 3.63) is 64.2 Å². The fourth-order valence-corrected chi connectivity index (χ4v) is 2.16. The third-order valence-electron chi connectivity index (χ3n) is 3.53. The molecule has 2 nitrogen and oxygen atoms in total. The highest BCUT2D eigenvalue weighted by atomic mass is 16.5. The standard InChI is InChI=1S/C17H18O2/c1-11-6-5-7-16(13(11)3)17(18)15-9-8-14(19-4)10-12(15)2/h5-10H,1-4H3. The van der Waals surface area contributed by atoms with Crippen molar-refractivity contribution in [2.24, 2.45) is 0 Å². The van der Waals surface area contributed by atoms with E-state index in [4.69, 9.17) is 4.74 Å². The van der Waals surface area contributed by atoms with Crippen LogP contribution in [0.3, 0.4) is 0 Å². The van der Waals surface area contributed by atoms with Crippen LogP contribution in [0.1, 0.15) is 32.6 Å². The lowest BCUT2D eigenvalue weighted by Gasteiger charge is -2.10. The average Bonchev–Trinajstić information content (AvgIpc) is 2.41. The van der Waals surface area contributed by atoms with E-state index in [9.17, 15) is 4.79 Å². The van der Waals surface area contributed by atoms with Crippen LogP contribution in [0, 0.1) is 20.8 Å². The highest BCUT2D eigenvalue weighted by Gasteiger charge is 2.15. The van der Waals surface area contributed by atoms with Gasteiger partial charge < -0.3 is 4.74 Å². The van der Waals surface area contributed by atoms with Crippen LogP contribution in [0.5, 0.6) is 5.75 Å². The molecule has 19 heavy (non-hydrogen) atoms. The predicted molar refractivity (Wildman–Crippen MR) is 77.1 cm³/mol. The molecule has 0 unspecified atom stereocenters. The molecule has 0 saturated heterocycles. The number of ketones is 1. The van der Waals surface area contributed by atoms with Crippen molar-refractivity contribution >= 4 is 5.78 Å². The van der Waals surface area contributed by atoms with E-state index in [0.717, 1.165) is 33.6 Å². The van der Waals surface area contributed by atoms with Gasteiger partial charge in [0, 0.05) is 11.1 Å². The van der Waals surface area contributed by atoms with Crippen LogP contribution in [0.15, 0.2) is 36.4 Å². The molecule has 2 heteroatoms. The van der Waals surface area contributed by atoms with E-state index >= 15 is 0 Å². The first-order valence-corrected chi connectivity index (χ1v) is 6.30. The highest BCUT2D eigenvalue weighted by Crippen LogP contribution is 2.22. The van der Waals surface area contributed by atoms with Crippen LogP contribution >= 0.6 is 0 Å². The Hall–Kier alpha value is -2.09. The topological polar surface area (TPSA) is 26.3 Å². The van der Waals surface area contributed by atoms with Gasteiger partial charge in [0.25, 0.3) is 0 Å². The third-order valence-corrected chi connectivity index (χ3v) is 3.53. The summed E-state index contributed by atoms with van der Waals surface area (Å²) in [6.45, 7) is 5.94. The summed E-state index contributed by atoms with van der Waals surface area (Å²) in [5.74, 6) is 0.844. The number of hydrogen-bond donors (Lipinski definition) is 0. The van der Waals surface area contributed by atoms with Crippen LogP contribution in [-0.4, -0.2) is 12.9 Å². The van der Waals surface area contributed by atoms with Crippen LogP contribution in [0.4, 0.5) is 0 Å². The van der Waals surface area contributed by atoms with Crippen molar-refractivity contribution in [2.45, 2.75) is 20.8 Å². The second-order valence-corrected chi connectivity index (χ2v) is 4.76. The molecular weight excluding hydrogens is 236 g/mol. The van der Waals surface area contributed by atoms with Gasteiger partial charge in [0.2, 0.25) is 0 Å². The predicted octanol–water partition coefficient (Wildman–Crippen LogP) is 3.85. The maximum Gasteiger partial charge on any atom is 0.193 e. The fraction of sp³-hybridized carbons (Fsp3) is 0.235. The zero-order chi connectivity index (χ0) is 14.0. The summed E-state index contributed by atoms with van der Waals surface area (Å²) in [5.41, 5.74) is 4.62. The number of methoxy groups -OCH3 is 1. The van der Waals surface area contributed by atoms with Gasteiger partial charge >= 0.3 is 0 Å². The number of carbonyl (C=O) groups is 1. The van der Waals surface area contributed by atoms with Gasteiger partial charge in [0.15, 0.2) is 5.78 Å². The SMILES string of the molecule is COc1ccc(C(=O)c2cccc(C)c2C)c(C)c1. The minimum atomic E-state index is 0.0707. The van der Waals surface area contributed by atoms with Crippen LogP contribution in [-0.2, 0) is 0 Å². The summed E-state index contributed by atoms with van der Waals surface area (Å²) < 4.78 is 5.17. The Morgan fingerprint density at radius 3 is 2.32 bits per heavy atom. The number of ether oxygens (including phenoxy) is 1. The summed E-state index contributed by atoms with van der Waals surface area (Å²) in [7, 11) is 1.63. The Bertz CT molecular complexity index is 627. The third kappa shape index (κ3) is 2.53. The van der Waals surface area contributed by atoms with Crippen molar-refractivity contribution in [1.29, 1.82) is 0 Å². The molecule has 2 aromatic rings. The molecule has 0 radical (unpaired) electrons. The van der Waals surface area contributed by atoms with E-state index in [1.54, 1.807) is 7.11 Å². The molecule has 0 aliphatic heterocycles. The lowest BCUT2D eigenvalue weighted by molar-refractivity contribution is 0.103. The molecule has 0 bridgehead atoms. The summed E-state index contributed by atoms with van der Waals surface area (Å²) in [6.07, 6.45) is 0. The second-order valence-electron chi connectivity index (χ2n) is 4.76. The summed E-state index contributed by atoms with van der Waals surface area (Å²) in [4.78, 5) is 12.6. The molecule has 0 saturated carbocycles. The summed E-state index contributed by atoms with van der Waals surface area (Å²) in [6, 6.07) is 11.4. The number of rotatable bonds is 3. The van der Waals surface area contributed by atoms with Gasteiger partial charge in [-0.1, -0.05) is 18.2 Å². The van der Waals surface area contributed by atoms with Gasteiger partial charge in [-0.25, -0.2) is 0 Å². The van der Waals surface area contributed by atoms with Gasteiger partial charge in [-0.15, -0.1) is 0 Å². The molecule has 0 N–H and O–H groups in total. The lowest BCUT2D eigenvalue weighted by atomic mass is 9.94. The van der Waals surface area contributed by atoms with E-state index < -0.39 is 0 Å². The molecule has 98 valence electrons. The largest absolute Gasteiger partial charge is 0.497 e. The number of aryl methyl sites for hydroxylation is 2. The second kappa shape index (κ2) is 5.27. The minimum Gasteiger partial charge on any atom is -0.497 e. The highest BCUT2D eigenvalue weighted by molar-refractivity contribution is 6.11. The Kier molecular flexibility index (Phi) is 3.70.